The molecule has 3 aromatic carbocycles. The minimum Gasteiger partial charge on any atom is -0.512 e. The van der Waals surface area contributed by atoms with Crippen LogP contribution in [-0.2, 0) is 31.3 Å². The predicted molar refractivity (Wildman–Crippen MR) is 207 cm³/mol. The predicted octanol–water partition coefficient (Wildman–Crippen LogP) is 12.7. The molecule has 0 atom stereocenters. The van der Waals surface area contributed by atoms with Crippen LogP contribution in [-0.4, -0.2) is 21.1 Å². The van der Waals surface area contributed by atoms with Crippen LogP contribution in [0, 0.1) is 37.2 Å². The molecule has 0 aliphatic rings. The summed E-state index contributed by atoms with van der Waals surface area (Å²) in [4.78, 5) is 11.7. The maximum absolute atomic E-state index is 11.7. The SMILES string of the molecule is CCC(CC)C(=O)/C=C(\O)C(CC)CC.Cc1[c-]c(-c2nnc(C(C)C)c3c2sc2c4ccc(CC(C)(C)C)cc4ccc23)cc(C)c1.[Ir]. The fourth-order valence-corrected chi connectivity index (χ4v) is 8.00. The Bertz CT molecular complexity index is 1900. The number of aromatic nitrogens is 2. The maximum atomic E-state index is 11.7. The summed E-state index contributed by atoms with van der Waals surface area (Å²) in [6, 6.07) is 19.4. The molecule has 0 unspecified atom stereocenters. The topological polar surface area (TPSA) is 63.1 Å². The molecule has 4 nitrogen and oxygen atoms in total. The van der Waals surface area contributed by atoms with Gasteiger partial charge in [-0.25, -0.2) is 0 Å². The van der Waals surface area contributed by atoms with Crippen molar-refractivity contribution in [1.29, 1.82) is 0 Å². The molecule has 49 heavy (non-hydrogen) atoms. The Kier molecular flexibility index (Phi) is 14.3. The van der Waals surface area contributed by atoms with E-state index in [2.05, 4.69) is 97.0 Å². The Balaban J connectivity index is 0.000000347. The molecule has 0 bridgehead atoms. The molecule has 5 aromatic rings. The largest absolute Gasteiger partial charge is 0.512 e. The molecule has 0 fully saturated rings. The van der Waals surface area contributed by atoms with E-state index < -0.39 is 0 Å². The zero-order valence-electron chi connectivity index (χ0n) is 31.4. The van der Waals surface area contributed by atoms with Crippen molar-refractivity contribution in [2.45, 2.75) is 114 Å². The normalized spacial score (nSPS) is 12.2. The number of aliphatic hydroxyl groups excluding tert-OH is 1. The number of nitrogens with zero attached hydrogens (tertiary/aromatic N) is 2. The van der Waals surface area contributed by atoms with Crippen LogP contribution in [0.5, 0.6) is 0 Å². The molecule has 1 N–H and O–H groups in total. The van der Waals surface area contributed by atoms with E-state index in [1.54, 1.807) is 0 Å². The van der Waals surface area contributed by atoms with Crippen LogP contribution in [0.4, 0.5) is 0 Å². The summed E-state index contributed by atoms with van der Waals surface area (Å²) in [5, 5.41) is 24.4. The maximum Gasteiger partial charge on any atom is 0.162 e. The van der Waals surface area contributed by atoms with Crippen molar-refractivity contribution in [3.8, 4) is 11.3 Å². The number of hydrogen-bond donors (Lipinski definition) is 1. The molecule has 2 aromatic heterocycles. The summed E-state index contributed by atoms with van der Waals surface area (Å²) in [5.41, 5.74) is 7.08. The fraction of sp³-hybridized carbons (Fsp3) is 0.465. The molecule has 1 radical (unpaired) electrons. The van der Waals surface area contributed by atoms with Gasteiger partial charge < -0.3 is 5.11 Å². The number of carbonyl (C=O) groups is 1. The quantitative estimate of drug-likeness (QED) is 0.0863. The van der Waals surface area contributed by atoms with E-state index in [1.165, 1.54) is 48.1 Å². The van der Waals surface area contributed by atoms with Crippen LogP contribution in [0.2, 0.25) is 0 Å². The zero-order valence-corrected chi connectivity index (χ0v) is 34.6. The van der Waals surface area contributed by atoms with Crippen molar-refractivity contribution in [2.75, 3.05) is 0 Å². The van der Waals surface area contributed by atoms with E-state index in [1.807, 2.05) is 39.0 Å². The van der Waals surface area contributed by atoms with Gasteiger partial charge in [-0.2, -0.15) is 10.2 Å². The van der Waals surface area contributed by atoms with Crippen LogP contribution in [0.3, 0.4) is 0 Å². The summed E-state index contributed by atoms with van der Waals surface area (Å²) >= 11 is 1.85. The van der Waals surface area contributed by atoms with Crippen LogP contribution in [0.25, 0.3) is 42.2 Å². The number of carbonyl (C=O) groups excluding carboxylic acids is 1. The van der Waals surface area contributed by atoms with Gasteiger partial charge in [-0.05, 0) is 59.8 Å². The van der Waals surface area contributed by atoms with E-state index in [4.69, 9.17) is 10.2 Å². The smallest absolute Gasteiger partial charge is 0.162 e. The molecule has 0 spiro atoms. The van der Waals surface area contributed by atoms with Gasteiger partial charge in [0.05, 0.1) is 11.5 Å². The molecule has 0 saturated heterocycles. The van der Waals surface area contributed by atoms with Crippen LogP contribution < -0.4 is 0 Å². The monoisotopic (exact) mass is 856 g/mol. The van der Waals surface area contributed by atoms with Crippen molar-refractivity contribution < 1.29 is 30.0 Å². The van der Waals surface area contributed by atoms with E-state index in [0.29, 0.717) is 5.92 Å². The van der Waals surface area contributed by atoms with Crippen molar-refractivity contribution in [1.82, 2.24) is 10.2 Å². The summed E-state index contributed by atoms with van der Waals surface area (Å²) in [7, 11) is 0. The van der Waals surface area contributed by atoms with Gasteiger partial charge in [0.1, 0.15) is 0 Å². The molecule has 0 aliphatic heterocycles. The third-order valence-corrected chi connectivity index (χ3v) is 10.5. The van der Waals surface area contributed by atoms with Gasteiger partial charge in [0.25, 0.3) is 0 Å². The number of rotatable bonds is 10. The first kappa shape index (κ1) is 40.5. The van der Waals surface area contributed by atoms with Crippen LogP contribution in [0.1, 0.15) is 116 Å². The minimum absolute atomic E-state index is 0. The standard InChI is InChI=1S/C30H31N2S.C13H24O2.Ir/c1-17(2)26-25-24-11-9-21-15-20(16-30(5,6)7)8-10-23(21)28(24)33-29(25)27(32-31-26)22-13-18(3)12-19(4)14-22;1-5-10(6-2)12(14)9-13(15)11(7-3)8-4;/h8-13,15,17H,16H2,1-7H3;9-11,14H,5-8H2,1-4H3;/q-1;;/b;12-9-;. The Hall–Kier alpha value is -2.92. The number of benzene rings is 3. The molecule has 265 valence electrons. The number of aliphatic hydroxyl groups is 1. The molecule has 6 heteroatoms. The average Bonchev–Trinajstić information content (AvgIpc) is 3.40. The van der Waals surface area contributed by atoms with Crippen molar-refractivity contribution in [2.24, 2.45) is 17.3 Å². The van der Waals surface area contributed by atoms with E-state index in [0.717, 1.165) is 54.6 Å². The zero-order chi connectivity index (χ0) is 35.3. The molecule has 0 amide bonds. The second kappa shape index (κ2) is 17.3. The summed E-state index contributed by atoms with van der Waals surface area (Å²) in [5.74, 6) is 0.853. The van der Waals surface area contributed by atoms with Crippen LogP contribution >= 0.6 is 11.3 Å². The number of aryl methyl sites for hydroxylation is 2. The number of allylic oxidation sites excluding steroid dienone is 2. The molecule has 2 heterocycles. The third kappa shape index (κ3) is 9.66. The summed E-state index contributed by atoms with van der Waals surface area (Å²) < 4.78 is 2.54. The van der Waals surface area contributed by atoms with Gasteiger partial charge in [0.2, 0.25) is 0 Å². The minimum atomic E-state index is 0. The summed E-state index contributed by atoms with van der Waals surface area (Å²) in [6.07, 6.45) is 5.98. The van der Waals surface area contributed by atoms with E-state index in [9.17, 15) is 9.90 Å². The van der Waals surface area contributed by atoms with Crippen LogP contribution in [0.15, 0.2) is 54.3 Å². The van der Waals surface area contributed by atoms with Gasteiger partial charge in [0, 0.05) is 63.9 Å². The van der Waals surface area contributed by atoms with Gasteiger partial charge in [0.15, 0.2) is 5.78 Å². The van der Waals surface area contributed by atoms with E-state index in [-0.39, 0.29) is 48.9 Å². The Morgan fingerprint density at radius 1 is 0.878 bits per heavy atom. The average molecular weight is 856 g/mol. The Labute approximate surface area is 312 Å². The van der Waals surface area contributed by atoms with Gasteiger partial charge >= 0.3 is 0 Å². The van der Waals surface area contributed by atoms with Crippen molar-refractivity contribution >= 4 is 48.1 Å². The van der Waals surface area contributed by atoms with Gasteiger partial charge in [-0.15, -0.1) is 46.2 Å². The second-order valence-electron chi connectivity index (χ2n) is 14.9. The first-order chi connectivity index (χ1) is 22.7. The van der Waals surface area contributed by atoms with Crippen molar-refractivity contribution in [3.05, 3.63) is 82.8 Å². The second-order valence-corrected chi connectivity index (χ2v) is 15.9. The molecule has 0 aliphatic carbocycles. The molecule has 0 saturated carbocycles. The van der Waals surface area contributed by atoms with Gasteiger partial charge in [-0.3, -0.25) is 4.79 Å². The summed E-state index contributed by atoms with van der Waals surface area (Å²) in [6.45, 7) is 23.6. The first-order valence-corrected chi connectivity index (χ1v) is 18.6. The fourth-order valence-electron chi connectivity index (χ4n) is 6.66. The van der Waals surface area contributed by atoms with E-state index >= 15 is 0 Å². The number of fused-ring (bicyclic) bond motifs is 5. The molecule has 5 rings (SSSR count). The van der Waals surface area contributed by atoms with Gasteiger partial charge in [-0.1, -0.05) is 106 Å². The third-order valence-electron chi connectivity index (χ3n) is 9.23. The first-order valence-electron chi connectivity index (χ1n) is 17.8. The molecular formula is C43H55IrN2O2S-. The number of thiophene rings is 1. The Morgan fingerprint density at radius 2 is 1.51 bits per heavy atom. The Morgan fingerprint density at radius 3 is 2.08 bits per heavy atom. The van der Waals surface area contributed by atoms with Crippen molar-refractivity contribution in [3.63, 3.8) is 0 Å². The number of hydrogen-bond acceptors (Lipinski definition) is 5. The number of ketones is 1. The molecular weight excluding hydrogens is 801 g/mol.